The zero-order valence-electron chi connectivity index (χ0n) is 25.2. The average Bonchev–Trinajstić information content (AvgIpc) is 3.42. The fraction of sp³-hybridized carbons (Fsp3) is 0.875. The lowest BCUT2D eigenvalue weighted by molar-refractivity contribution is -0.273. The van der Waals surface area contributed by atoms with Crippen molar-refractivity contribution in [2.75, 3.05) is 13.7 Å². The van der Waals surface area contributed by atoms with Crippen LogP contribution >= 0.6 is 0 Å². The Morgan fingerprint density at radius 3 is 2.54 bits per heavy atom. The van der Waals surface area contributed by atoms with Crippen molar-refractivity contribution < 1.29 is 43.5 Å². The Morgan fingerprint density at radius 2 is 1.85 bits per heavy atom. The Hall–Kier alpha value is -1.52. The maximum Gasteiger partial charge on any atom is 0.331 e. The van der Waals surface area contributed by atoms with Gasteiger partial charge in [-0.05, 0) is 80.6 Å². The van der Waals surface area contributed by atoms with Gasteiger partial charge < -0.3 is 33.9 Å². The van der Waals surface area contributed by atoms with E-state index < -0.39 is 23.2 Å². The lowest BCUT2D eigenvalue weighted by atomic mass is 9.43. The fourth-order valence-corrected chi connectivity index (χ4v) is 10.4. The van der Waals surface area contributed by atoms with E-state index in [2.05, 4.69) is 13.8 Å². The van der Waals surface area contributed by atoms with Crippen LogP contribution in [0.3, 0.4) is 0 Å². The summed E-state index contributed by atoms with van der Waals surface area (Å²) in [6.45, 7) is 8.06. The van der Waals surface area contributed by atoms with Crippen LogP contribution in [0, 0.1) is 34.5 Å². The molecule has 0 aromatic rings. The summed E-state index contributed by atoms with van der Waals surface area (Å²) in [7, 11) is 1.62. The number of fused-ring (bicyclic) bond motifs is 5. The highest BCUT2D eigenvalue weighted by molar-refractivity contribution is 5.85. The zero-order valence-corrected chi connectivity index (χ0v) is 25.2. The minimum Gasteiger partial charge on any atom is -0.462 e. The quantitative estimate of drug-likeness (QED) is 0.373. The summed E-state index contributed by atoms with van der Waals surface area (Å²) >= 11 is 0. The summed E-state index contributed by atoms with van der Waals surface area (Å²) in [6.07, 6.45) is 7.14. The van der Waals surface area contributed by atoms with E-state index in [4.69, 9.17) is 23.7 Å². The third-order valence-electron chi connectivity index (χ3n) is 12.5. The number of esters is 2. The summed E-state index contributed by atoms with van der Waals surface area (Å²) in [5.74, 6) is 0.0175. The highest BCUT2D eigenvalue weighted by Crippen LogP contribution is 2.70. The van der Waals surface area contributed by atoms with Gasteiger partial charge in [0, 0.05) is 44.3 Å². The van der Waals surface area contributed by atoms with Crippen molar-refractivity contribution in [3.63, 3.8) is 0 Å². The molecule has 4 saturated carbocycles. The van der Waals surface area contributed by atoms with Crippen molar-refractivity contribution in [3.8, 4) is 0 Å². The molecular formula is C32H48O9. The molecule has 0 aromatic carbocycles. The van der Waals surface area contributed by atoms with E-state index in [-0.39, 0.29) is 60.4 Å². The first-order valence-electron chi connectivity index (χ1n) is 15.7. The molecule has 230 valence electrons. The Balaban J connectivity index is 1.19. The van der Waals surface area contributed by atoms with Gasteiger partial charge in [-0.25, -0.2) is 4.79 Å². The number of carbonyl (C=O) groups is 2. The molecule has 0 aromatic heterocycles. The second-order valence-electron chi connectivity index (χ2n) is 14.3. The van der Waals surface area contributed by atoms with E-state index in [1.165, 1.54) is 6.92 Å². The second kappa shape index (κ2) is 10.6. The van der Waals surface area contributed by atoms with E-state index >= 15 is 0 Å². The van der Waals surface area contributed by atoms with Gasteiger partial charge in [0.15, 0.2) is 6.29 Å². The maximum atomic E-state index is 12.7. The molecule has 5 fully saturated rings. The highest BCUT2D eigenvalue weighted by atomic mass is 16.7. The van der Waals surface area contributed by atoms with Gasteiger partial charge in [0.25, 0.3) is 0 Å². The predicted molar refractivity (Wildman–Crippen MR) is 147 cm³/mol. The van der Waals surface area contributed by atoms with Crippen LogP contribution in [0.15, 0.2) is 11.6 Å². The molecule has 13 atom stereocenters. The molecule has 9 nitrogen and oxygen atoms in total. The zero-order chi connectivity index (χ0) is 29.3. The Kier molecular flexibility index (Phi) is 7.62. The molecule has 41 heavy (non-hydrogen) atoms. The molecule has 0 bridgehead atoms. The maximum absolute atomic E-state index is 12.7. The molecule has 1 unspecified atom stereocenters. The molecule has 2 heterocycles. The van der Waals surface area contributed by atoms with Gasteiger partial charge in [-0.2, -0.15) is 0 Å². The number of cyclic esters (lactones) is 1. The van der Waals surface area contributed by atoms with Crippen LogP contribution in [0.5, 0.6) is 0 Å². The molecule has 9 heteroatoms. The van der Waals surface area contributed by atoms with Gasteiger partial charge in [-0.3, -0.25) is 4.79 Å². The van der Waals surface area contributed by atoms with Crippen LogP contribution < -0.4 is 0 Å². The van der Waals surface area contributed by atoms with E-state index in [9.17, 15) is 19.8 Å². The van der Waals surface area contributed by atoms with Crippen molar-refractivity contribution in [3.05, 3.63) is 11.6 Å². The number of rotatable bonds is 5. The SMILES string of the molecule is CO[C@H]1C[C@H](O[C@H]2CC[C@@]3(C)[C@H](CC[C@@H]4[C@@H]3CC[C@]3(C)[C@@H](C5=CC(=O)OC5)[C@@H](OC(C)=O)C[C@]43O)C2)OC(C)[C@@H]1O. The standard InChI is InChI=1S/C32H48O9/c1-17-29(35)24(37-5)14-27(39-17)41-21-8-10-30(3)20(13-21)6-7-23-22(30)9-11-31(4)28(19-12-26(34)38-16-19)25(40-18(2)33)15-32(23,31)36/h12,17,20-25,27-29,35-36H,6-11,13-16H2,1-5H3/t17?,20-,21+,22+,23-,24+,25+,27+,28+,29+,30+,31-,32+/m1/s1. The molecule has 0 spiro atoms. The Labute approximate surface area is 243 Å². The Bertz CT molecular complexity index is 1080. The van der Waals surface area contributed by atoms with Crippen LogP contribution in [0.1, 0.15) is 85.5 Å². The fourth-order valence-electron chi connectivity index (χ4n) is 10.4. The van der Waals surface area contributed by atoms with Gasteiger partial charge in [0.2, 0.25) is 0 Å². The first kappa shape index (κ1) is 29.5. The normalized spacial score (nSPS) is 51.2. The monoisotopic (exact) mass is 576 g/mol. The number of aliphatic hydroxyl groups is 2. The summed E-state index contributed by atoms with van der Waals surface area (Å²) in [6, 6.07) is 0. The van der Waals surface area contributed by atoms with Crippen LogP contribution in [-0.2, 0) is 33.3 Å². The number of carbonyl (C=O) groups excluding carboxylic acids is 2. The number of hydrogen-bond donors (Lipinski definition) is 2. The van der Waals surface area contributed by atoms with Gasteiger partial charge in [-0.1, -0.05) is 13.8 Å². The van der Waals surface area contributed by atoms with Gasteiger partial charge >= 0.3 is 11.9 Å². The predicted octanol–water partition coefficient (Wildman–Crippen LogP) is 3.68. The van der Waals surface area contributed by atoms with Crippen molar-refractivity contribution in [1.82, 2.24) is 0 Å². The third kappa shape index (κ3) is 4.69. The van der Waals surface area contributed by atoms with E-state index in [0.717, 1.165) is 50.5 Å². The molecule has 2 aliphatic heterocycles. The number of aliphatic hydroxyl groups excluding tert-OH is 1. The molecule has 0 radical (unpaired) electrons. The summed E-state index contributed by atoms with van der Waals surface area (Å²) < 4.78 is 29.1. The smallest absolute Gasteiger partial charge is 0.331 e. The van der Waals surface area contributed by atoms with E-state index in [1.807, 2.05) is 6.92 Å². The van der Waals surface area contributed by atoms with Gasteiger partial charge in [-0.15, -0.1) is 0 Å². The van der Waals surface area contributed by atoms with Crippen molar-refractivity contribution in [2.45, 2.75) is 128 Å². The largest absolute Gasteiger partial charge is 0.462 e. The molecule has 0 amide bonds. The topological polar surface area (TPSA) is 121 Å². The number of hydrogen-bond acceptors (Lipinski definition) is 9. The summed E-state index contributed by atoms with van der Waals surface area (Å²) in [5.41, 5.74) is -0.559. The number of methoxy groups -OCH3 is 1. The lowest BCUT2D eigenvalue weighted by Crippen LogP contribution is -2.62. The molecular weight excluding hydrogens is 528 g/mol. The van der Waals surface area contributed by atoms with E-state index in [1.54, 1.807) is 13.2 Å². The average molecular weight is 577 g/mol. The third-order valence-corrected chi connectivity index (χ3v) is 12.5. The highest BCUT2D eigenvalue weighted by Gasteiger charge is 2.71. The molecule has 6 aliphatic rings. The first-order chi connectivity index (χ1) is 19.4. The molecule has 4 aliphatic carbocycles. The molecule has 6 rings (SSSR count). The van der Waals surface area contributed by atoms with Gasteiger partial charge in [0.05, 0.1) is 23.9 Å². The van der Waals surface area contributed by atoms with Crippen LogP contribution in [0.4, 0.5) is 0 Å². The van der Waals surface area contributed by atoms with Crippen LogP contribution in [0.25, 0.3) is 0 Å². The lowest BCUT2D eigenvalue weighted by Gasteiger charge is -2.63. The van der Waals surface area contributed by atoms with Crippen molar-refractivity contribution in [2.24, 2.45) is 34.5 Å². The summed E-state index contributed by atoms with van der Waals surface area (Å²) in [4.78, 5) is 24.2. The van der Waals surface area contributed by atoms with Gasteiger partial charge in [0.1, 0.15) is 18.8 Å². The van der Waals surface area contributed by atoms with Crippen LogP contribution in [0.2, 0.25) is 0 Å². The molecule has 2 N–H and O–H groups in total. The number of ether oxygens (including phenoxy) is 5. The minimum atomic E-state index is -0.990. The Morgan fingerprint density at radius 1 is 1.07 bits per heavy atom. The van der Waals surface area contributed by atoms with Crippen LogP contribution in [-0.4, -0.2) is 78.3 Å². The summed E-state index contributed by atoms with van der Waals surface area (Å²) in [5, 5.41) is 23.0. The van der Waals surface area contributed by atoms with Crippen molar-refractivity contribution >= 4 is 11.9 Å². The molecule has 1 saturated heterocycles. The minimum absolute atomic E-state index is 0.0898. The van der Waals surface area contributed by atoms with E-state index in [0.29, 0.717) is 24.7 Å². The van der Waals surface area contributed by atoms with Crippen molar-refractivity contribution in [1.29, 1.82) is 0 Å². The second-order valence-corrected chi connectivity index (χ2v) is 14.3. The first-order valence-corrected chi connectivity index (χ1v) is 15.7.